The van der Waals surface area contributed by atoms with Gasteiger partial charge >= 0.3 is 6.18 Å². The summed E-state index contributed by atoms with van der Waals surface area (Å²) in [7, 11) is 0. The van der Waals surface area contributed by atoms with E-state index in [9.17, 15) is 18.0 Å². The van der Waals surface area contributed by atoms with Gasteiger partial charge in [-0.05, 0) is 24.5 Å². The van der Waals surface area contributed by atoms with Crippen LogP contribution in [-0.4, -0.2) is 35.0 Å². The third-order valence-electron chi connectivity index (χ3n) is 4.44. The number of benzene rings is 1. The summed E-state index contributed by atoms with van der Waals surface area (Å²) in [5.41, 5.74) is -0.197. The van der Waals surface area contributed by atoms with Gasteiger partial charge in [-0.25, -0.2) is 9.97 Å². The van der Waals surface area contributed by atoms with Crippen molar-refractivity contribution in [2.45, 2.75) is 31.5 Å². The molecule has 0 unspecified atom stereocenters. The summed E-state index contributed by atoms with van der Waals surface area (Å²) < 4.78 is 38.3. The van der Waals surface area contributed by atoms with Crippen LogP contribution in [0, 0.1) is 0 Å². The molecule has 0 radical (unpaired) electrons. The molecule has 3 rings (SSSR count). The minimum atomic E-state index is -4.50. The molecular formula is C18H18ClF3N4O. The van der Waals surface area contributed by atoms with Crippen LogP contribution in [0.3, 0.4) is 0 Å². The molecule has 0 saturated carbocycles. The molecule has 144 valence electrons. The van der Waals surface area contributed by atoms with E-state index in [1.54, 1.807) is 23.1 Å². The number of amides is 1. The number of alkyl halides is 3. The van der Waals surface area contributed by atoms with Crippen LogP contribution in [0.2, 0.25) is 5.02 Å². The molecule has 1 aliphatic heterocycles. The Bertz CT molecular complexity index is 807. The van der Waals surface area contributed by atoms with Gasteiger partial charge in [0.15, 0.2) is 0 Å². The summed E-state index contributed by atoms with van der Waals surface area (Å²) in [6.45, 7) is 1.01. The Morgan fingerprint density at radius 3 is 2.59 bits per heavy atom. The predicted molar refractivity (Wildman–Crippen MR) is 95.6 cm³/mol. The Labute approximate surface area is 159 Å². The molecule has 9 heteroatoms. The average Bonchev–Trinajstić information content (AvgIpc) is 2.64. The van der Waals surface area contributed by atoms with E-state index in [2.05, 4.69) is 15.3 Å². The first-order chi connectivity index (χ1) is 12.8. The molecule has 1 amide bonds. The number of nitrogens with one attached hydrogen (secondary N) is 1. The standard InChI is InChI=1S/C18H18ClF3N4O/c19-14-4-2-1-3-12(14)9-17(27)25-13-5-7-26(8-6-13)16-10-15(18(20,21)22)23-11-24-16/h1-4,10-11,13H,5-9H2,(H,25,27). The zero-order valence-electron chi connectivity index (χ0n) is 14.3. The third-order valence-corrected chi connectivity index (χ3v) is 4.80. The van der Waals surface area contributed by atoms with Crippen molar-refractivity contribution < 1.29 is 18.0 Å². The first-order valence-electron chi connectivity index (χ1n) is 8.50. The Morgan fingerprint density at radius 2 is 1.93 bits per heavy atom. The minimum absolute atomic E-state index is 0.0276. The smallest absolute Gasteiger partial charge is 0.356 e. The largest absolute Gasteiger partial charge is 0.433 e. The van der Waals surface area contributed by atoms with Crippen LogP contribution in [0.4, 0.5) is 19.0 Å². The highest BCUT2D eigenvalue weighted by Crippen LogP contribution is 2.29. The number of nitrogens with zero attached hydrogens (tertiary/aromatic N) is 3. The number of hydrogen-bond donors (Lipinski definition) is 1. The fourth-order valence-corrected chi connectivity index (χ4v) is 3.22. The molecular weight excluding hydrogens is 381 g/mol. The molecule has 27 heavy (non-hydrogen) atoms. The van der Waals surface area contributed by atoms with E-state index < -0.39 is 11.9 Å². The zero-order chi connectivity index (χ0) is 19.4. The second-order valence-electron chi connectivity index (χ2n) is 6.36. The lowest BCUT2D eigenvalue weighted by Crippen LogP contribution is -2.45. The van der Waals surface area contributed by atoms with E-state index in [4.69, 9.17) is 11.6 Å². The van der Waals surface area contributed by atoms with Crippen LogP contribution in [0.25, 0.3) is 0 Å². The van der Waals surface area contributed by atoms with Crippen LogP contribution < -0.4 is 10.2 Å². The van der Waals surface area contributed by atoms with E-state index in [0.29, 0.717) is 31.0 Å². The van der Waals surface area contributed by atoms with E-state index in [1.165, 1.54) is 0 Å². The average molecular weight is 399 g/mol. The highest BCUT2D eigenvalue weighted by molar-refractivity contribution is 6.31. The molecule has 0 atom stereocenters. The van der Waals surface area contributed by atoms with Gasteiger partial charge < -0.3 is 10.2 Å². The lowest BCUT2D eigenvalue weighted by atomic mass is 10.0. The van der Waals surface area contributed by atoms with Crippen LogP contribution in [0.5, 0.6) is 0 Å². The predicted octanol–water partition coefficient (Wildman–Crippen LogP) is 3.48. The molecule has 5 nitrogen and oxygen atoms in total. The van der Waals surface area contributed by atoms with Gasteiger partial charge in [-0.1, -0.05) is 29.8 Å². The summed E-state index contributed by atoms with van der Waals surface area (Å²) in [5, 5.41) is 3.51. The summed E-state index contributed by atoms with van der Waals surface area (Å²) >= 11 is 6.06. The van der Waals surface area contributed by atoms with Gasteiger partial charge in [0.05, 0.1) is 6.42 Å². The fourth-order valence-electron chi connectivity index (χ4n) is 3.02. The second-order valence-corrected chi connectivity index (χ2v) is 6.76. The van der Waals surface area contributed by atoms with Crippen molar-refractivity contribution in [2.75, 3.05) is 18.0 Å². The lowest BCUT2D eigenvalue weighted by Gasteiger charge is -2.33. The number of rotatable bonds is 4. The topological polar surface area (TPSA) is 58.1 Å². The summed E-state index contributed by atoms with van der Waals surface area (Å²) in [5.74, 6) is 0.126. The third kappa shape index (κ3) is 5.09. The number of carbonyl (C=O) groups is 1. The molecule has 0 bridgehead atoms. The number of hydrogen-bond acceptors (Lipinski definition) is 4. The molecule has 1 saturated heterocycles. The van der Waals surface area contributed by atoms with Crippen molar-refractivity contribution in [3.8, 4) is 0 Å². The Hall–Kier alpha value is -2.35. The van der Waals surface area contributed by atoms with Gasteiger partial charge in [0.1, 0.15) is 17.8 Å². The Balaban J connectivity index is 1.53. The van der Waals surface area contributed by atoms with Gasteiger partial charge in [-0.3, -0.25) is 4.79 Å². The number of aromatic nitrogens is 2. The molecule has 0 aliphatic carbocycles. The number of halogens is 4. The summed E-state index contributed by atoms with van der Waals surface area (Å²) in [6, 6.07) is 8.09. The van der Waals surface area contributed by atoms with Crippen molar-refractivity contribution in [2.24, 2.45) is 0 Å². The quantitative estimate of drug-likeness (QED) is 0.856. The number of anilines is 1. The van der Waals surface area contributed by atoms with Crippen LogP contribution in [0.15, 0.2) is 36.7 Å². The van der Waals surface area contributed by atoms with Gasteiger partial charge in [0.25, 0.3) is 0 Å². The molecule has 1 aromatic carbocycles. The van der Waals surface area contributed by atoms with Gasteiger partial charge in [0.2, 0.25) is 5.91 Å². The summed E-state index contributed by atoms with van der Waals surface area (Å²) in [4.78, 5) is 21.2. The van der Waals surface area contributed by atoms with Crippen LogP contribution >= 0.6 is 11.6 Å². The van der Waals surface area contributed by atoms with Gasteiger partial charge in [-0.2, -0.15) is 13.2 Å². The van der Waals surface area contributed by atoms with Gasteiger partial charge in [-0.15, -0.1) is 0 Å². The van der Waals surface area contributed by atoms with E-state index in [0.717, 1.165) is 18.0 Å². The first kappa shape index (κ1) is 19.4. The molecule has 0 spiro atoms. The highest BCUT2D eigenvalue weighted by Gasteiger charge is 2.33. The summed E-state index contributed by atoms with van der Waals surface area (Å²) in [6.07, 6.45) is -2.13. The molecule has 2 aromatic rings. The number of carbonyl (C=O) groups excluding carboxylic acids is 1. The van der Waals surface area contributed by atoms with Crippen molar-refractivity contribution in [1.82, 2.24) is 15.3 Å². The first-order valence-corrected chi connectivity index (χ1v) is 8.87. The molecule has 1 fully saturated rings. The van der Waals surface area contributed by atoms with Crippen molar-refractivity contribution in [1.29, 1.82) is 0 Å². The van der Waals surface area contributed by atoms with E-state index in [-0.39, 0.29) is 24.2 Å². The molecule has 1 aliphatic rings. The molecule has 1 aromatic heterocycles. The van der Waals surface area contributed by atoms with Crippen molar-refractivity contribution in [3.05, 3.63) is 52.9 Å². The van der Waals surface area contributed by atoms with Crippen molar-refractivity contribution >= 4 is 23.3 Å². The normalized spacial score (nSPS) is 15.6. The molecule has 1 N–H and O–H groups in total. The van der Waals surface area contributed by atoms with Crippen LogP contribution in [-0.2, 0) is 17.4 Å². The second kappa shape index (κ2) is 8.12. The Morgan fingerprint density at radius 1 is 1.22 bits per heavy atom. The van der Waals surface area contributed by atoms with Crippen LogP contribution in [0.1, 0.15) is 24.1 Å². The minimum Gasteiger partial charge on any atom is -0.356 e. The van der Waals surface area contributed by atoms with Crippen molar-refractivity contribution in [3.63, 3.8) is 0 Å². The number of piperidine rings is 1. The fraction of sp³-hybridized carbons (Fsp3) is 0.389. The zero-order valence-corrected chi connectivity index (χ0v) is 15.1. The van der Waals surface area contributed by atoms with E-state index in [1.807, 2.05) is 6.07 Å². The Kier molecular flexibility index (Phi) is 5.84. The SMILES string of the molecule is O=C(Cc1ccccc1Cl)NC1CCN(c2cc(C(F)(F)F)ncn2)CC1. The van der Waals surface area contributed by atoms with Gasteiger partial charge in [0, 0.05) is 30.2 Å². The maximum absolute atomic E-state index is 12.8. The maximum atomic E-state index is 12.8. The van der Waals surface area contributed by atoms with E-state index >= 15 is 0 Å². The lowest BCUT2D eigenvalue weighted by molar-refractivity contribution is -0.141. The highest BCUT2D eigenvalue weighted by atomic mass is 35.5. The maximum Gasteiger partial charge on any atom is 0.433 e. The molecule has 2 heterocycles. The monoisotopic (exact) mass is 398 g/mol.